The highest BCUT2D eigenvalue weighted by Crippen LogP contribution is 2.27. The number of amides is 1. The quantitative estimate of drug-likeness (QED) is 0.498. The monoisotopic (exact) mass is 528 g/mol. The topological polar surface area (TPSA) is 110 Å². The number of carbonyl (C=O) groups is 1. The lowest BCUT2D eigenvalue weighted by Gasteiger charge is -2.32. The van der Waals surface area contributed by atoms with Crippen LogP contribution in [0.5, 0.6) is 5.75 Å². The number of benzene rings is 3. The predicted molar refractivity (Wildman–Crippen MR) is 138 cm³/mol. The Morgan fingerprint density at radius 1 is 0.889 bits per heavy atom. The maximum Gasteiger partial charge on any atom is 0.261 e. The zero-order valence-electron chi connectivity index (χ0n) is 20.0. The summed E-state index contributed by atoms with van der Waals surface area (Å²) in [6.07, 6.45) is 0.683. The average molecular weight is 529 g/mol. The first-order chi connectivity index (χ1) is 17.1. The van der Waals surface area contributed by atoms with Gasteiger partial charge in [0.05, 0.1) is 22.2 Å². The van der Waals surface area contributed by atoms with Crippen molar-refractivity contribution in [2.45, 2.75) is 34.8 Å². The Kier molecular flexibility index (Phi) is 7.37. The molecule has 4 rings (SSSR count). The van der Waals surface area contributed by atoms with E-state index in [4.69, 9.17) is 4.74 Å². The molecule has 0 radical (unpaired) electrons. The largest absolute Gasteiger partial charge is 0.497 e. The minimum absolute atomic E-state index is 0.162. The van der Waals surface area contributed by atoms with Gasteiger partial charge < -0.3 is 9.64 Å². The van der Waals surface area contributed by atoms with Crippen LogP contribution in [0.15, 0.2) is 82.6 Å². The molecule has 0 spiro atoms. The number of hydrogen-bond acceptors (Lipinski definition) is 6. The van der Waals surface area contributed by atoms with Crippen LogP contribution in [0.3, 0.4) is 0 Å². The molecule has 1 heterocycles. The molecule has 36 heavy (non-hydrogen) atoms. The third-order valence-electron chi connectivity index (χ3n) is 6.24. The Labute approximate surface area is 211 Å². The molecule has 0 bridgehead atoms. The fourth-order valence-corrected chi connectivity index (χ4v) is 7.08. The fourth-order valence-electron chi connectivity index (χ4n) is 4.19. The van der Waals surface area contributed by atoms with Gasteiger partial charge in [0.2, 0.25) is 0 Å². The maximum atomic E-state index is 13.0. The van der Waals surface area contributed by atoms with Crippen molar-refractivity contribution >= 4 is 31.5 Å². The number of methoxy groups -OCH3 is 1. The first-order valence-corrected chi connectivity index (χ1v) is 14.5. The van der Waals surface area contributed by atoms with Gasteiger partial charge in [-0.1, -0.05) is 12.1 Å². The lowest BCUT2D eigenvalue weighted by molar-refractivity contribution is 0.0725. The normalized spacial score (nSPS) is 14.9. The van der Waals surface area contributed by atoms with Gasteiger partial charge in [-0.25, -0.2) is 16.8 Å². The SMILES string of the molecule is COc1ccc(S(=O)(=O)C2CCN(C(=O)c3ccc(NS(=O)(=O)c4cccc(C)c4)cc3)CC2)cc1. The minimum atomic E-state index is -3.75. The van der Waals surface area contributed by atoms with Crippen molar-refractivity contribution in [2.75, 3.05) is 24.9 Å². The van der Waals surface area contributed by atoms with E-state index in [2.05, 4.69) is 4.72 Å². The second-order valence-corrected chi connectivity index (χ2v) is 12.6. The van der Waals surface area contributed by atoms with Crippen LogP contribution in [0.25, 0.3) is 0 Å². The van der Waals surface area contributed by atoms with Crippen molar-refractivity contribution in [1.82, 2.24) is 4.90 Å². The Morgan fingerprint density at radius 2 is 1.53 bits per heavy atom. The van der Waals surface area contributed by atoms with Crippen molar-refractivity contribution in [3.8, 4) is 5.75 Å². The molecule has 0 unspecified atom stereocenters. The van der Waals surface area contributed by atoms with E-state index >= 15 is 0 Å². The van der Waals surface area contributed by atoms with E-state index in [-0.39, 0.29) is 15.7 Å². The summed E-state index contributed by atoms with van der Waals surface area (Å²) in [5.74, 6) is 0.367. The molecule has 0 atom stereocenters. The smallest absolute Gasteiger partial charge is 0.261 e. The summed E-state index contributed by atoms with van der Waals surface area (Å²) in [6.45, 7) is 2.46. The van der Waals surface area contributed by atoms with Crippen LogP contribution in [0.4, 0.5) is 5.69 Å². The Morgan fingerprint density at radius 3 is 2.11 bits per heavy atom. The number of nitrogens with zero attached hydrogens (tertiary/aromatic N) is 1. The molecule has 3 aromatic carbocycles. The van der Waals surface area contributed by atoms with Gasteiger partial charge in [0.1, 0.15) is 5.75 Å². The molecule has 1 fully saturated rings. The third-order valence-corrected chi connectivity index (χ3v) is 9.90. The van der Waals surface area contributed by atoms with Gasteiger partial charge in [-0.3, -0.25) is 9.52 Å². The third kappa shape index (κ3) is 5.55. The molecular weight excluding hydrogens is 500 g/mol. The van der Waals surface area contributed by atoms with E-state index in [0.29, 0.717) is 42.9 Å². The van der Waals surface area contributed by atoms with E-state index in [0.717, 1.165) is 5.56 Å². The summed E-state index contributed by atoms with van der Waals surface area (Å²) in [5, 5.41) is -0.562. The van der Waals surface area contributed by atoms with Crippen molar-refractivity contribution in [3.05, 3.63) is 83.9 Å². The molecular formula is C26H28N2O6S2. The maximum absolute atomic E-state index is 13.0. The lowest BCUT2D eigenvalue weighted by Crippen LogP contribution is -2.42. The number of anilines is 1. The van der Waals surface area contributed by atoms with Crippen LogP contribution in [0.1, 0.15) is 28.8 Å². The number of sulfonamides is 1. The highest BCUT2D eigenvalue weighted by Gasteiger charge is 2.33. The molecule has 3 aromatic rings. The number of nitrogens with one attached hydrogen (secondary N) is 1. The number of hydrogen-bond donors (Lipinski definition) is 1. The Balaban J connectivity index is 1.38. The Hall–Kier alpha value is -3.37. The van der Waals surface area contributed by atoms with Crippen LogP contribution in [0.2, 0.25) is 0 Å². The average Bonchev–Trinajstić information content (AvgIpc) is 2.88. The second-order valence-electron chi connectivity index (χ2n) is 8.71. The number of rotatable bonds is 7. The number of ether oxygens (including phenoxy) is 1. The molecule has 1 aliphatic heterocycles. The highest BCUT2D eigenvalue weighted by atomic mass is 32.2. The van der Waals surface area contributed by atoms with Crippen LogP contribution in [-0.2, 0) is 19.9 Å². The van der Waals surface area contributed by atoms with Gasteiger partial charge >= 0.3 is 0 Å². The summed E-state index contributed by atoms with van der Waals surface area (Å²) in [6, 6.07) is 19.1. The van der Waals surface area contributed by atoms with E-state index in [9.17, 15) is 21.6 Å². The number of sulfone groups is 1. The molecule has 1 N–H and O–H groups in total. The zero-order valence-corrected chi connectivity index (χ0v) is 21.7. The molecule has 10 heteroatoms. The van der Waals surface area contributed by atoms with E-state index in [1.165, 1.54) is 13.2 Å². The first kappa shape index (κ1) is 25.7. The number of piperidine rings is 1. The van der Waals surface area contributed by atoms with E-state index in [1.54, 1.807) is 65.6 Å². The lowest BCUT2D eigenvalue weighted by atomic mass is 10.1. The predicted octanol–water partition coefficient (Wildman–Crippen LogP) is 3.88. The van der Waals surface area contributed by atoms with Gasteiger partial charge in [0.15, 0.2) is 9.84 Å². The number of carbonyl (C=O) groups excluding carboxylic acids is 1. The summed E-state index contributed by atoms with van der Waals surface area (Å²) >= 11 is 0. The van der Waals surface area contributed by atoms with Crippen LogP contribution in [-0.4, -0.2) is 53.1 Å². The first-order valence-electron chi connectivity index (χ1n) is 11.5. The number of aryl methyl sites for hydroxylation is 1. The van der Waals surface area contributed by atoms with Crippen molar-refractivity contribution < 1.29 is 26.4 Å². The van der Waals surface area contributed by atoms with E-state index in [1.807, 2.05) is 13.0 Å². The van der Waals surface area contributed by atoms with Gasteiger partial charge in [0.25, 0.3) is 15.9 Å². The van der Waals surface area contributed by atoms with Gasteiger partial charge in [0, 0.05) is 24.3 Å². The van der Waals surface area contributed by atoms with Crippen LogP contribution in [0, 0.1) is 6.92 Å². The van der Waals surface area contributed by atoms with E-state index < -0.39 is 25.1 Å². The molecule has 0 aromatic heterocycles. The summed E-state index contributed by atoms with van der Waals surface area (Å²) in [4.78, 5) is 15.0. The number of likely N-dealkylation sites (tertiary alicyclic amines) is 1. The standard InChI is InChI=1S/C26H28N2O6S2/c1-19-4-3-5-25(18-19)36(32,33)27-21-8-6-20(7-9-21)26(29)28-16-14-24(15-17-28)35(30,31)23-12-10-22(34-2)11-13-23/h3-13,18,24,27H,14-17H2,1-2H3. The van der Waals surface area contributed by atoms with Crippen molar-refractivity contribution in [1.29, 1.82) is 0 Å². The fraction of sp³-hybridized carbons (Fsp3) is 0.269. The van der Waals surface area contributed by atoms with Gasteiger partial charge in [-0.2, -0.15) is 0 Å². The molecule has 8 nitrogen and oxygen atoms in total. The van der Waals surface area contributed by atoms with Crippen molar-refractivity contribution in [2.24, 2.45) is 0 Å². The summed E-state index contributed by atoms with van der Waals surface area (Å²) in [7, 11) is -5.73. The molecule has 0 saturated carbocycles. The van der Waals surface area contributed by atoms with Gasteiger partial charge in [-0.05, 0) is 86.0 Å². The second kappa shape index (κ2) is 10.3. The van der Waals surface area contributed by atoms with Gasteiger partial charge in [-0.15, -0.1) is 0 Å². The van der Waals surface area contributed by atoms with Crippen LogP contribution >= 0.6 is 0 Å². The molecule has 1 amide bonds. The highest BCUT2D eigenvalue weighted by molar-refractivity contribution is 7.92. The zero-order chi connectivity index (χ0) is 25.9. The molecule has 0 aliphatic carbocycles. The molecule has 1 aliphatic rings. The molecule has 1 saturated heterocycles. The summed E-state index contributed by atoms with van der Waals surface area (Å²) < 4.78 is 58.9. The minimum Gasteiger partial charge on any atom is -0.497 e. The summed E-state index contributed by atoms with van der Waals surface area (Å²) in [5.41, 5.74) is 1.58. The van der Waals surface area contributed by atoms with Crippen LogP contribution < -0.4 is 9.46 Å². The Bertz CT molecular complexity index is 1440. The van der Waals surface area contributed by atoms with Crippen molar-refractivity contribution in [3.63, 3.8) is 0 Å². The molecule has 190 valence electrons.